The van der Waals surface area contributed by atoms with Crippen LogP contribution in [-0.4, -0.2) is 38.9 Å². The van der Waals surface area contributed by atoms with Crippen LogP contribution in [0.2, 0.25) is 0 Å². The van der Waals surface area contributed by atoms with E-state index < -0.39 is 24.3 Å². The largest absolute Gasteiger partial charge is 0.573 e. The van der Waals surface area contributed by atoms with E-state index in [1.807, 2.05) is 38.1 Å². The fourth-order valence-corrected chi connectivity index (χ4v) is 5.29. The van der Waals surface area contributed by atoms with Crippen molar-refractivity contribution in [3.63, 3.8) is 0 Å². The molecule has 0 spiro atoms. The number of carbonyl (C=O) groups is 2. The smallest absolute Gasteiger partial charge is 0.406 e. The molecule has 5 rings (SSSR count). The van der Waals surface area contributed by atoms with Gasteiger partial charge in [-0.2, -0.15) is 5.21 Å². The van der Waals surface area contributed by atoms with Gasteiger partial charge >= 0.3 is 12.4 Å². The van der Waals surface area contributed by atoms with Gasteiger partial charge in [0, 0.05) is 11.3 Å². The van der Waals surface area contributed by atoms with Gasteiger partial charge in [0.05, 0.1) is 12.6 Å². The van der Waals surface area contributed by atoms with E-state index in [4.69, 9.17) is 0 Å². The summed E-state index contributed by atoms with van der Waals surface area (Å²) in [5, 5.41) is 18.7. The van der Waals surface area contributed by atoms with Gasteiger partial charge in [0.25, 0.3) is 11.9 Å². The molecule has 3 N–H and O–H groups in total. The van der Waals surface area contributed by atoms with E-state index in [0.29, 0.717) is 16.8 Å². The maximum Gasteiger partial charge on any atom is 0.573 e. The molecule has 13 heteroatoms. The predicted octanol–water partition coefficient (Wildman–Crippen LogP) is 7.42. The first-order chi connectivity index (χ1) is 22.1. The molecule has 1 aliphatic carbocycles. The molecular weight excluding hydrogens is 599 g/mol. The number of hydrogen-bond donors (Lipinski definition) is 3. The SMILES string of the molecule is CC(C)C(NC(=O)N(Cc1ccc(C(=O)Nc2nn[nH]n2)cc1)c1ccc(C2=CCCCC2)cc1)c1ccc(OC(F)(F)F)cc1. The van der Waals surface area contributed by atoms with Crippen molar-refractivity contribution >= 4 is 29.1 Å². The van der Waals surface area contributed by atoms with Crippen molar-refractivity contribution in [2.75, 3.05) is 10.2 Å². The number of ether oxygens (including phenoxy) is 1. The molecule has 0 radical (unpaired) electrons. The standard InChI is InChI=1S/C33H34F3N7O3/c1-21(2)29(25-14-18-28(19-15-25)46-33(34,35)36)37-32(45)43(27-16-12-24(13-17-27)23-6-4-3-5-7-23)20-22-8-10-26(11-9-22)30(44)38-31-39-41-42-40-31/h6,8-19,21,29H,3-5,7,20H2,1-2H3,(H,37,45)(H2,38,39,40,41,42,44). The van der Waals surface area contributed by atoms with Crippen molar-refractivity contribution in [1.82, 2.24) is 25.9 Å². The van der Waals surface area contributed by atoms with Crippen molar-refractivity contribution in [2.45, 2.75) is 58.5 Å². The molecule has 1 atom stereocenters. The maximum absolute atomic E-state index is 14.0. The van der Waals surface area contributed by atoms with E-state index >= 15 is 0 Å². The molecule has 0 fully saturated rings. The molecule has 1 aromatic heterocycles. The lowest BCUT2D eigenvalue weighted by molar-refractivity contribution is -0.274. The van der Waals surface area contributed by atoms with Crippen LogP contribution in [0.5, 0.6) is 5.75 Å². The zero-order chi connectivity index (χ0) is 32.7. The van der Waals surface area contributed by atoms with Gasteiger partial charge in [-0.25, -0.2) is 4.79 Å². The Bertz CT molecular complexity index is 1640. The second kappa shape index (κ2) is 14.3. The molecule has 3 amide bonds. The summed E-state index contributed by atoms with van der Waals surface area (Å²) in [6.45, 7) is 4.02. The van der Waals surface area contributed by atoms with E-state index in [1.54, 1.807) is 29.2 Å². The highest BCUT2D eigenvalue weighted by Gasteiger charge is 2.31. The zero-order valence-electron chi connectivity index (χ0n) is 25.3. The number of aromatic nitrogens is 4. The third-order valence-corrected chi connectivity index (χ3v) is 7.63. The summed E-state index contributed by atoms with van der Waals surface area (Å²) in [4.78, 5) is 28.1. The summed E-state index contributed by atoms with van der Waals surface area (Å²) in [7, 11) is 0. The lowest BCUT2D eigenvalue weighted by Crippen LogP contribution is -2.42. The van der Waals surface area contributed by atoms with Gasteiger partial charge < -0.3 is 10.1 Å². The van der Waals surface area contributed by atoms with Crippen LogP contribution in [-0.2, 0) is 6.54 Å². The molecular formula is C33H34F3N7O3. The molecule has 1 unspecified atom stereocenters. The van der Waals surface area contributed by atoms with Gasteiger partial charge in [-0.05, 0) is 95.5 Å². The van der Waals surface area contributed by atoms with Crippen molar-refractivity contribution < 1.29 is 27.5 Å². The second-order valence-electron chi connectivity index (χ2n) is 11.3. The van der Waals surface area contributed by atoms with Crippen LogP contribution < -0.4 is 20.3 Å². The Kier molecular flexibility index (Phi) is 9.99. The number of alkyl halides is 3. The Hall–Kier alpha value is -5.20. The first-order valence-electron chi connectivity index (χ1n) is 14.9. The average Bonchev–Trinajstić information content (AvgIpc) is 3.56. The number of anilines is 2. The molecule has 1 aliphatic rings. The normalized spacial score (nSPS) is 13.9. The van der Waals surface area contributed by atoms with Crippen LogP contribution in [0.3, 0.4) is 0 Å². The number of halogens is 3. The van der Waals surface area contributed by atoms with E-state index in [-0.39, 0.29) is 24.2 Å². The van der Waals surface area contributed by atoms with Crippen LogP contribution in [0.25, 0.3) is 5.57 Å². The number of urea groups is 1. The number of tetrazole rings is 1. The Morgan fingerprint density at radius 3 is 2.28 bits per heavy atom. The summed E-state index contributed by atoms with van der Waals surface area (Å²) < 4.78 is 42.1. The summed E-state index contributed by atoms with van der Waals surface area (Å²) in [6.07, 6.45) is 1.85. The second-order valence-corrected chi connectivity index (χ2v) is 11.3. The van der Waals surface area contributed by atoms with E-state index in [2.05, 4.69) is 42.1 Å². The summed E-state index contributed by atoms with van der Waals surface area (Å²) >= 11 is 0. The van der Waals surface area contributed by atoms with Gasteiger partial charge in [-0.15, -0.1) is 18.3 Å². The molecule has 0 saturated carbocycles. The fraction of sp³-hybridized carbons (Fsp3) is 0.303. The highest BCUT2D eigenvalue weighted by molar-refractivity contribution is 6.03. The van der Waals surface area contributed by atoms with Gasteiger partial charge in [0.1, 0.15) is 5.75 Å². The first kappa shape index (κ1) is 32.2. The summed E-state index contributed by atoms with van der Waals surface area (Å²) in [6, 6.07) is 19.2. The van der Waals surface area contributed by atoms with Crippen molar-refractivity contribution in [2.24, 2.45) is 5.92 Å². The molecule has 1 heterocycles. The number of H-pyrrole nitrogens is 1. The van der Waals surface area contributed by atoms with Crippen molar-refractivity contribution in [3.8, 4) is 5.75 Å². The third kappa shape index (κ3) is 8.49. The number of allylic oxidation sites excluding steroid dienone is 2. The zero-order valence-corrected chi connectivity index (χ0v) is 25.3. The topological polar surface area (TPSA) is 125 Å². The lowest BCUT2D eigenvalue weighted by atomic mass is 9.93. The van der Waals surface area contributed by atoms with Crippen LogP contribution in [0.1, 0.15) is 72.6 Å². The number of aromatic amines is 1. The predicted molar refractivity (Wildman–Crippen MR) is 167 cm³/mol. The van der Waals surface area contributed by atoms with Gasteiger partial charge in [-0.1, -0.05) is 61.4 Å². The fourth-order valence-electron chi connectivity index (χ4n) is 5.29. The molecule has 0 saturated heterocycles. The number of carbonyl (C=O) groups excluding carboxylic acids is 2. The monoisotopic (exact) mass is 633 g/mol. The number of amides is 3. The third-order valence-electron chi connectivity index (χ3n) is 7.63. The van der Waals surface area contributed by atoms with Crippen LogP contribution in [0, 0.1) is 5.92 Å². The summed E-state index contributed by atoms with van der Waals surface area (Å²) in [5.41, 5.74) is 4.83. The molecule has 0 aliphatic heterocycles. The maximum atomic E-state index is 14.0. The van der Waals surface area contributed by atoms with Crippen LogP contribution in [0.15, 0.2) is 78.9 Å². The molecule has 240 valence electrons. The first-order valence-corrected chi connectivity index (χ1v) is 14.9. The van der Waals surface area contributed by atoms with E-state index in [9.17, 15) is 22.8 Å². The minimum atomic E-state index is -4.80. The molecule has 46 heavy (non-hydrogen) atoms. The Balaban J connectivity index is 1.38. The Morgan fingerprint density at radius 1 is 0.978 bits per heavy atom. The number of benzene rings is 3. The average molecular weight is 634 g/mol. The Labute approximate surface area is 264 Å². The molecule has 3 aromatic carbocycles. The van der Waals surface area contributed by atoms with Crippen molar-refractivity contribution in [3.05, 3.63) is 101 Å². The van der Waals surface area contributed by atoms with Crippen molar-refractivity contribution in [1.29, 1.82) is 0 Å². The summed E-state index contributed by atoms with van der Waals surface area (Å²) in [5.74, 6) is -0.791. The lowest BCUT2D eigenvalue weighted by Gasteiger charge is -2.29. The van der Waals surface area contributed by atoms with Crippen LogP contribution >= 0.6 is 0 Å². The number of hydrogen-bond acceptors (Lipinski definition) is 6. The molecule has 4 aromatic rings. The minimum absolute atomic E-state index is 0.0478. The van der Waals surface area contributed by atoms with Crippen LogP contribution in [0.4, 0.5) is 29.6 Å². The quantitative estimate of drug-likeness (QED) is 0.167. The highest BCUT2D eigenvalue weighted by atomic mass is 19.4. The molecule has 0 bridgehead atoms. The van der Waals surface area contributed by atoms with E-state index in [0.717, 1.165) is 30.4 Å². The van der Waals surface area contributed by atoms with Gasteiger partial charge in [0.15, 0.2) is 0 Å². The Morgan fingerprint density at radius 2 is 1.70 bits per heavy atom. The highest BCUT2D eigenvalue weighted by Crippen LogP contribution is 2.30. The van der Waals surface area contributed by atoms with Gasteiger partial charge in [0.2, 0.25) is 0 Å². The number of nitrogens with one attached hydrogen (secondary N) is 3. The van der Waals surface area contributed by atoms with Gasteiger partial charge in [-0.3, -0.25) is 15.0 Å². The minimum Gasteiger partial charge on any atom is -0.406 e. The number of rotatable bonds is 10. The number of nitrogens with zero attached hydrogens (tertiary/aromatic N) is 4. The molecule has 10 nitrogen and oxygen atoms in total. The van der Waals surface area contributed by atoms with E-state index in [1.165, 1.54) is 36.3 Å².